The number of likely N-dealkylation sites (tertiary alicyclic amines) is 1. The standard InChI is InChI=1S/C17H24N4O2/c1-14-6-3-5-9-21(14)17(23)16(22)20-12-10-19(11-13-20)15-7-2-4-8-18-15/h2,4,7-8,14H,3,5-6,9-13H2,1H3. The van der Waals surface area contributed by atoms with Crippen LogP contribution in [-0.2, 0) is 9.59 Å². The second kappa shape index (κ2) is 6.98. The van der Waals surface area contributed by atoms with Crippen LogP contribution in [0.15, 0.2) is 24.4 Å². The normalized spacial score (nSPS) is 22.1. The third-order valence-electron chi connectivity index (χ3n) is 4.79. The number of piperidine rings is 1. The summed E-state index contributed by atoms with van der Waals surface area (Å²) in [6.45, 7) is 5.31. The highest BCUT2D eigenvalue weighted by Crippen LogP contribution is 2.18. The molecule has 3 heterocycles. The van der Waals surface area contributed by atoms with Crippen molar-refractivity contribution in [3.8, 4) is 0 Å². The summed E-state index contributed by atoms with van der Waals surface area (Å²) in [4.78, 5) is 34.9. The van der Waals surface area contributed by atoms with Gasteiger partial charge in [0.25, 0.3) is 0 Å². The van der Waals surface area contributed by atoms with Gasteiger partial charge in [0.15, 0.2) is 0 Å². The van der Waals surface area contributed by atoms with E-state index in [0.717, 1.165) is 25.1 Å². The lowest BCUT2D eigenvalue weighted by molar-refractivity contribution is -0.154. The molecule has 0 aliphatic carbocycles. The number of carbonyl (C=O) groups excluding carboxylic acids is 2. The third-order valence-corrected chi connectivity index (χ3v) is 4.79. The number of piperazine rings is 1. The molecule has 1 aromatic heterocycles. The quantitative estimate of drug-likeness (QED) is 0.729. The van der Waals surface area contributed by atoms with Gasteiger partial charge in [0.05, 0.1) is 0 Å². The van der Waals surface area contributed by atoms with Crippen LogP contribution in [0.25, 0.3) is 0 Å². The van der Waals surface area contributed by atoms with Gasteiger partial charge >= 0.3 is 11.8 Å². The van der Waals surface area contributed by atoms with E-state index in [1.54, 1.807) is 16.0 Å². The van der Waals surface area contributed by atoms with Gasteiger partial charge in [0, 0.05) is 45.0 Å². The Hall–Kier alpha value is -2.11. The lowest BCUT2D eigenvalue weighted by Crippen LogP contribution is -2.55. The minimum atomic E-state index is -0.348. The maximum absolute atomic E-state index is 12.5. The predicted octanol–water partition coefficient (Wildman–Crippen LogP) is 1.13. The van der Waals surface area contributed by atoms with Crippen LogP contribution in [0.4, 0.5) is 5.82 Å². The fourth-order valence-electron chi connectivity index (χ4n) is 3.34. The molecule has 0 saturated carbocycles. The van der Waals surface area contributed by atoms with Gasteiger partial charge < -0.3 is 14.7 Å². The van der Waals surface area contributed by atoms with Crippen molar-refractivity contribution >= 4 is 17.6 Å². The Morgan fingerprint density at radius 2 is 1.83 bits per heavy atom. The molecule has 1 aromatic rings. The van der Waals surface area contributed by atoms with Crippen molar-refractivity contribution in [2.24, 2.45) is 0 Å². The molecular weight excluding hydrogens is 292 g/mol. The Labute approximate surface area is 137 Å². The second-order valence-corrected chi connectivity index (χ2v) is 6.31. The van der Waals surface area contributed by atoms with Gasteiger partial charge in [-0.2, -0.15) is 0 Å². The number of amides is 2. The van der Waals surface area contributed by atoms with Gasteiger partial charge in [-0.1, -0.05) is 6.07 Å². The number of carbonyl (C=O) groups is 2. The highest BCUT2D eigenvalue weighted by Gasteiger charge is 2.32. The summed E-state index contributed by atoms with van der Waals surface area (Å²) in [5.41, 5.74) is 0. The molecule has 0 aromatic carbocycles. The summed E-state index contributed by atoms with van der Waals surface area (Å²) in [7, 11) is 0. The maximum atomic E-state index is 12.5. The smallest absolute Gasteiger partial charge is 0.312 e. The van der Waals surface area contributed by atoms with E-state index < -0.39 is 0 Å². The highest BCUT2D eigenvalue weighted by atomic mass is 16.2. The summed E-state index contributed by atoms with van der Waals surface area (Å²) in [6, 6.07) is 6.00. The molecule has 1 unspecified atom stereocenters. The molecule has 6 heteroatoms. The topological polar surface area (TPSA) is 56.8 Å². The van der Waals surface area contributed by atoms with Crippen LogP contribution in [0.1, 0.15) is 26.2 Å². The van der Waals surface area contributed by atoms with E-state index in [1.807, 2.05) is 25.1 Å². The van der Waals surface area contributed by atoms with E-state index in [-0.39, 0.29) is 17.9 Å². The van der Waals surface area contributed by atoms with Crippen LogP contribution in [-0.4, -0.2) is 65.4 Å². The molecule has 2 aliphatic heterocycles. The number of aromatic nitrogens is 1. The Morgan fingerprint density at radius 3 is 2.48 bits per heavy atom. The summed E-state index contributed by atoms with van der Waals surface area (Å²) in [5, 5.41) is 0. The first-order valence-corrected chi connectivity index (χ1v) is 8.42. The Morgan fingerprint density at radius 1 is 1.04 bits per heavy atom. The van der Waals surface area contributed by atoms with Crippen LogP contribution >= 0.6 is 0 Å². The molecule has 2 saturated heterocycles. The summed E-state index contributed by atoms with van der Waals surface area (Å²) in [5.74, 6) is 0.249. The third kappa shape index (κ3) is 3.46. The van der Waals surface area contributed by atoms with Crippen molar-refractivity contribution in [3.05, 3.63) is 24.4 Å². The van der Waals surface area contributed by atoms with Crippen molar-refractivity contribution in [1.29, 1.82) is 0 Å². The van der Waals surface area contributed by atoms with Gasteiger partial charge in [0.2, 0.25) is 0 Å². The second-order valence-electron chi connectivity index (χ2n) is 6.31. The van der Waals surface area contributed by atoms with Crippen molar-refractivity contribution < 1.29 is 9.59 Å². The molecule has 0 bridgehead atoms. The maximum Gasteiger partial charge on any atom is 0.312 e. The highest BCUT2D eigenvalue weighted by molar-refractivity contribution is 6.35. The van der Waals surface area contributed by atoms with Crippen LogP contribution in [0.3, 0.4) is 0 Å². The van der Waals surface area contributed by atoms with E-state index in [1.165, 1.54) is 0 Å². The zero-order valence-electron chi connectivity index (χ0n) is 13.6. The Bertz CT molecular complexity index is 555. The van der Waals surface area contributed by atoms with E-state index in [9.17, 15) is 9.59 Å². The van der Waals surface area contributed by atoms with E-state index >= 15 is 0 Å². The zero-order valence-corrected chi connectivity index (χ0v) is 13.6. The summed E-state index contributed by atoms with van der Waals surface area (Å²) < 4.78 is 0. The molecule has 2 fully saturated rings. The van der Waals surface area contributed by atoms with Crippen LogP contribution in [0.2, 0.25) is 0 Å². The van der Waals surface area contributed by atoms with Crippen LogP contribution in [0.5, 0.6) is 0 Å². The van der Waals surface area contributed by atoms with Gasteiger partial charge in [-0.05, 0) is 38.3 Å². The predicted molar refractivity (Wildman–Crippen MR) is 88.1 cm³/mol. The van der Waals surface area contributed by atoms with Crippen LogP contribution in [0, 0.1) is 0 Å². The molecule has 0 spiro atoms. The Kier molecular flexibility index (Phi) is 4.79. The largest absolute Gasteiger partial charge is 0.353 e. The fourth-order valence-corrected chi connectivity index (χ4v) is 3.34. The molecule has 23 heavy (non-hydrogen) atoms. The molecule has 0 N–H and O–H groups in total. The first-order valence-electron chi connectivity index (χ1n) is 8.42. The monoisotopic (exact) mass is 316 g/mol. The van der Waals surface area contributed by atoms with E-state index in [0.29, 0.717) is 32.7 Å². The number of anilines is 1. The van der Waals surface area contributed by atoms with Crippen molar-refractivity contribution in [2.75, 3.05) is 37.6 Å². The average Bonchev–Trinajstić information content (AvgIpc) is 2.62. The van der Waals surface area contributed by atoms with Crippen LogP contribution < -0.4 is 4.90 Å². The molecule has 1 atom stereocenters. The first-order chi connectivity index (χ1) is 11.2. The van der Waals surface area contributed by atoms with Crippen molar-refractivity contribution in [2.45, 2.75) is 32.2 Å². The molecule has 124 valence electrons. The van der Waals surface area contributed by atoms with Gasteiger partial charge in [-0.15, -0.1) is 0 Å². The van der Waals surface area contributed by atoms with Gasteiger partial charge in [0.1, 0.15) is 5.82 Å². The van der Waals surface area contributed by atoms with E-state index in [2.05, 4.69) is 9.88 Å². The zero-order chi connectivity index (χ0) is 16.2. The fraction of sp³-hybridized carbons (Fsp3) is 0.588. The molecule has 2 amide bonds. The lowest BCUT2D eigenvalue weighted by Gasteiger charge is -2.38. The van der Waals surface area contributed by atoms with Crippen molar-refractivity contribution in [3.63, 3.8) is 0 Å². The minimum absolute atomic E-state index is 0.176. The van der Waals surface area contributed by atoms with Gasteiger partial charge in [-0.25, -0.2) is 4.98 Å². The summed E-state index contributed by atoms with van der Waals surface area (Å²) in [6.07, 6.45) is 4.90. The van der Waals surface area contributed by atoms with Crippen molar-refractivity contribution in [1.82, 2.24) is 14.8 Å². The number of pyridine rings is 1. The molecule has 6 nitrogen and oxygen atoms in total. The molecular formula is C17H24N4O2. The SMILES string of the molecule is CC1CCCCN1C(=O)C(=O)N1CCN(c2ccccn2)CC1. The number of hydrogen-bond acceptors (Lipinski definition) is 4. The number of nitrogens with zero attached hydrogens (tertiary/aromatic N) is 4. The number of hydrogen-bond donors (Lipinski definition) is 0. The summed E-state index contributed by atoms with van der Waals surface area (Å²) >= 11 is 0. The molecule has 0 radical (unpaired) electrons. The van der Waals surface area contributed by atoms with E-state index in [4.69, 9.17) is 0 Å². The molecule has 2 aliphatic rings. The Balaban J connectivity index is 1.56. The minimum Gasteiger partial charge on any atom is -0.353 e. The molecule has 3 rings (SSSR count). The number of rotatable bonds is 1. The van der Waals surface area contributed by atoms with Gasteiger partial charge in [-0.3, -0.25) is 9.59 Å². The average molecular weight is 316 g/mol. The first kappa shape index (κ1) is 15.8. The lowest BCUT2D eigenvalue weighted by atomic mass is 10.0.